The zero-order chi connectivity index (χ0) is 15.5. The van der Waals surface area contributed by atoms with Crippen LogP contribution < -0.4 is 0 Å². The van der Waals surface area contributed by atoms with Crippen LogP contribution >= 0.6 is 23.2 Å². The standard InChI is InChI=1S/C14H14Cl2N2O3/c15-11-4-1-3-10(9-11)14(16,21)13-17-6-8-18(13)7-2-5-12(19)20/h1,3-4,6,8-9,21H,2,5,7H2,(H,19,20). The van der Waals surface area contributed by atoms with Gasteiger partial charge in [-0.3, -0.25) is 4.79 Å². The predicted molar refractivity (Wildman–Crippen MR) is 79.4 cm³/mol. The lowest BCUT2D eigenvalue weighted by Crippen LogP contribution is -2.25. The summed E-state index contributed by atoms with van der Waals surface area (Å²) < 4.78 is 1.64. The van der Waals surface area contributed by atoms with Crippen molar-refractivity contribution in [2.45, 2.75) is 24.4 Å². The van der Waals surface area contributed by atoms with E-state index in [-0.39, 0.29) is 12.2 Å². The summed E-state index contributed by atoms with van der Waals surface area (Å²) in [6.45, 7) is 0.400. The van der Waals surface area contributed by atoms with Crippen molar-refractivity contribution in [3.8, 4) is 0 Å². The molecule has 0 saturated carbocycles. The Kier molecular flexibility index (Phi) is 4.88. The first-order chi connectivity index (χ1) is 9.91. The van der Waals surface area contributed by atoms with Gasteiger partial charge in [0.2, 0.25) is 5.06 Å². The van der Waals surface area contributed by atoms with Crippen LogP contribution in [0.4, 0.5) is 0 Å². The van der Waals surface area contributed by atoms with Crippen molar-refractivity contribution in [2.75, 3.05) is 0 Å². The van der Waals surface area contributed by atoms with Crippen LogP contribution in [0.25, 0.3) is 0 Å². The van der Waals surface area contributed by atoms with Gasteiger partial charge in [0.1, 0.15) is 0 Å². The molecule has 0 aliphatic rings. The fraction of sp³-hybridized carbons (Fsp3) is 0.286. The average molecular weight is 329 g/mol. The first kappa shape index (κ1) is 15.8. The molecule has 2 aromatic rings. The van der Waals surface area contributed by atoms with Gasteiger partial charge in [0.05, 0.1) is 0 Å². The number of aliphatic carboxylic acids is 1. The first-order valence-corrected chi connectivity index (χ1v) is 7.07. The number of hydrogen-bond acceptors (Lipinski definition) is 3. The molecule has 0 radical (unpaired) electrons. The third-order valence-electron chi connectivity index (χ3n) is 3.01. The molecular weight excluding hydrogens is 315 g/mol. The molecule has 0 bridgehead atoms. The number of benzene rings is 1. The molecule has 0 saturated heterocycles. The zero-order valence-electron chi connectivity index (χ0n) is 11.0. The minimum absolute atomic E-state index is 0.0372. The van der Waals surface area contributed by atoms with Gasteiger partial charge in [-0.25, -0.2) is 4.98 Å². The van der Waals surface area contributed by atoms with Crippen LogP contribution in [0.2, 0.25) is 5.02 Å². The van der Waals surface area contributed by atoms with Crippen molar-refractivity contribution in [2.24, 2.45) is 0 Å². The van der Waals surface area contributed by atoms with Crippen LogP contribution in [-0.4, -0.2) is 25.7 Å². The molecule has 0 aliphatic carbocycles. The molecule has 0 fully saturated rings. The lowest BCUT2D eigenvalue weighted by molar-refractivity contribution is -0.137. The number of alkyl halides is 1. The molecule has 0 aliphatic heterocycles. The molecule has 1 atom stereocenters. The number of aryl methyl sites for hydroxylation is 1. The maximum atomic E-state index is 10.6. The summed E-state index contributed by atoms with van der Waals surface area (Å²) >= 11 is 12.2. The Balaban J connectivity index is 2.24. The van der Waals surface area contributed by atoms with E-state index in [1.165, 1.54) is 6.20 Å². The minimum Gasteiger partial charge on any atom is -0.481 e. The van der Waals surface area contributed by atoms with Gasteiger partial charge >= 0.3 is 5.97 Å². The normalized spacial score (nSPS) is 13.9. The molecule has 1 aromatic carbocycles. The van der Waals surface area contributed by atoms with E-state index in [2.05, 4.69) is 4.98 Å². The second-order valence-electron chi connectivity index (χ2n) is 4.57. The van der Waals surface area contributed by atoms with Gasteiger partial charge in [0, 0.05) is 35.9 Å². The quantitative estimate of drug-likeness (QED) is 0.799. The van der Waals surface area contributed by atoms with Crippen molar-refractivity contribution in [1.29, 1.82) is 0 Å². The van der Waals surface area contributed by atoms with Crippen LogP contribution in [0.1, 0.15) is 24.2 Å². The molecule has 21 heavy (non-hydrogen) atoms. The van der Waals surface area contributed by atoms with Crippen molar-refractivity contribution < 1.29 is 15.0 Å². The van der Waals surface area contributed by atoms with Crippen LogP contribution in [0.3, 0.4) is 0 Å². The minimum atomic E-state index is -1.82. The summed E-state index contributed by atoms with van der Waals surface area (Å²) in [7, 11) is 0. The summed E-state index contributed by atoms with van der Waals surface area (Å²) in [6.07, 6.45) is 3.61. The maximum absolute atomic E-state index is 10.6. The van der Waals surface area contributed by atoms with Crippen LogP contribution in [0.15, 0.2) is 36.7 Å². The molecule has 5 nitrogen and oxygen atoms in total. The van der Waals surface area contributed by atoms with Gasteiger partial charge in [0.15, 0.2) is 5.82 Å². The van der Waals surface area contributed by atoms with Gasteiger partial charge in [-0.15, -0.1) is 0 Å². The van der Waals surface area contributed by atoms with Crippen LogP contribution in [-0.2, 0) is 16.4 Å². The summed E-state index contributed by atoms with van der Waals surface area (Å²) in [5.74, 6) is -0.635. The van der Waals surface area contributed by atoms with Crippen LogP contribution in [0, 0.1) is 0 Å². The van der Waals surface area contributed by atoms with E-state index < -0.39 is 11.0 Å². The first-order valence-electron chi connectivity index (χ1n) is 6.32. The highest BCUT2D eigenvalue weighted by Gasteiger charge is 2.33. The zero-order valence-corrected chi connectivity index (χ0v) is 12.6. The number of rotatable bonds is 6. The van der Waals surface area contributed by atoms with Gasteiger partial charge in [-0.2, -0.15) is 0 Å². The van der Waals surface area contributed by atoms with Gasteiger partial charge in [-0.05, 0) is 18.6 Å². The summed E-state index contributed by atoms with van der Waals surface area (Å²) in [5, 5.41) is 17.9. The highest BCUT2D eigenvalue weighted by Crippen LogP contribution is 2.34. The smallest absolute Gasteiger partial charge is 0.303 e. The Morgan fingerprint density at radius 3 is 2.86 bits per heavy atom. The van der Waals surface area contributed by atoms with E-state index in [1.807, 2.05) is 0 Å². The Morgan fingerprint density at radius 1 is 1.43 bits per heavy atom. The van der Waals surface area contributed by atoms with Crippen LogP contribution in [0.5, 0.6) is 0 Å². The second kappa shape index (κ2) is 6.47. The number of imidazole rings is 1. The lowest BCUT2D eigenvalue weighted by atomic mass is 10.1. The van der Waals surface area contributed by atoms with Gasteiger partial charge in [-0.1, -0.05) is 35.3 Å². The number of aliphatic hydroxyl groups is 1. The third kappa shape index (κ3) is 3.75. The molecule has 0 spiro atoms. The highest BCUT2D eigenvalue weighted by molar-refractivity contribution is 6.31. The molecular formula is C14H14Cl2N2O3. The number of carboxylic acid groups (broad SMARTS) is 1. The molecule has 7 heteroatoms. The Labute approximate surface area is 131 Å². The predicted octanol–water partition coefficient (Wildman–Crippen LogP) is 2.83. The fourth-order valence-corrected chi connectivity index (χ4v) is 2.47. The monoisotopic (exact) mass is 328 g/mol. The number of carbonyl (C=O) groups is 1. The van der Waals surface area contributed by atoms with E-state index in [0.717, 1.165) is 0 Å². The summed E-state index contributed by atoms with van der Waals surface area (Å²) in [5.41, 5.74) is 0.405. The van der Waals surface area contributed by atoms with E-state index in [4.69, 9.17) is 28.3 Å². The number of carboxylic acids is 1. The summed E-state index contributed by atoms with van der Waals surface area (Å²) in [4.78, 5) is 14.6. The van der Waals surface area contributed by atoms with E-state index in [0.29, 0.717) is 23.6 Å². The third-order valence-corrected chi connectivity index (χ3v) is 3.63. The van der Waals surface area contributed by atoms with E-state index in [1.54, 1.807) is 35.0 Å². The van der Waals surface area contributed by atoms with E-state index in [9.17, 15) is 9.90 Å². The van der Waals surface area contributed by atoms with E-state index >= 15 is 0 Å². The van der Waals surface area contributed by atoms with Crippen molar-refractivity contribution in [3.05, 3.63) is 53.1 Å². The van der Waals surface area contributed by atoms with Crippen molar-refractivity contribution in [1.82, 2.24) is 9.55 Å². The Bertz CT molecular complexity index is 641. The van der Waals surface area contributed by atoms with Gasteiger partial charge < -0.3 is 14.8 Å². The number of aromatic nitrogens is 2. The van der Waals surface area contributed by atoms with Gasteiger partial charge in [0.25, 0.3) is 0 Å². The fourth-order valence-electron chi connectivity index (χ4n) is 2.01. The van der Waals surface area contributed by atoms with Crippen molar-refractivity contribution >= 4 is 29.2 Å². The molecule has 2 N–H and O–H groups in total. The lowest BCUT2D eigenvalue weighted by Gasteiger charge is -2.22. The average Bonchev–Trinajstić information content (AvgIpc) is 2.87. The highest BCUT2D eigenvalue weighted by atomic mass is 35.5. The Hall–Kier alpha value is -1.56. The molecule has 0 amide bonds. The number of nitrogens with zero attached hydrogens (tertiary/aromatic N) is 2. The molecule has 1 unspecified atom stereocenters. The molecule has 1 aromatic heterocycles. The topological polar surface area (TPSA) is 75.3 Å². The Morgan fingerprint density at radius 2 is 2.19 bits per heavy atom. The SMILES string of the molecule is O=C(O)CCCn1ccnc1C(O)(Cl)c1cccc(Cl)c1. The summed E-state index contributed by atoms with van der Waals surface area (Å²) in [6, 6.07) is 6.57. The second-order valence-corrected chi connectivity index (χ2v) is 5.56. The number of halogens is 2. The molecule has 2 rings (SSSR count). The molecule has 112 valence electrons. The number of hydrogen-bond donors (Lipinski definition) is 2. The maximum Gasteiger partial charge on any atom is 0.303 e. The van der Waals surface area contributed by atoms with Crippen molar-refractivity contribution in [3.63, 3.8) is 0 Å². The largest absolute Gasteiger partial charge is 0.481 e. The molecule has 1 heterocycles.